The van der Waals surface area contributed by atoms with E-state index in [0.29, 0.717) is 41.3 Å². The molecule has 1 unspecified atom stereocenters. The Bertz CT molecular complexity index is 1980. The molecule has 1 amide bonds. The highest BCUT2D eigenvalue weighted by Gasteiger charge is 2.26. The summed E-state index contributed by atoms with van der Waals surface area (Å²) in [5.41, 5.74) is 2.30. The molecule has 5 rings (SSSR count). The summed E-state index contributed by atoms with van der Waals surface area (Å²) >= 11 is 3.81. The fourth-order valence-corrected chi connectivity index (χ4v) is 6.26. The van der Waals surface area contributed by atoms with Crippen molar-refractivity contribution in [2.24, 2.45) is 0 Å². The first-order chi connectivity index (χ1) is 25.8. The molecule has 5 aromatic rings. The number of nitrogens with zero attached hydrogens (tertiary/aromatic N) is 6. The summed E-state index contributed by atoms with van der Waals surface area (Å²) in [4.78, 5) is 38.7. The molecule has 0 aliphatic rings. The van der Waals surface area contributed by atoms with Crippen molar-refractivity contribution in [3.63, 3.8) is 0 Å². The number of carbonyl (C=O) groups is 2. The van der Waals surface area contributed by atoms with Crippen molar-refractivity contribution in [3.05, 3.63) is 112 Å². The molecule has 0 aliphatic heterocycles. The molecule has 2 N–H and O–H groups in total. The minimum absolute atomic E-state index is 0.0374. The summed E-state index contributed by atoms with van der Waals surface area (Å²) in [5, 5.41) is 10.7. The third-order valence-electron chi connectivity index (χ3n) is 7.85. The van der Waals surface area contributed by atoms with Gasteiger partial charge in [0.05, 0.1) is 25.5 Å². The number of benzene rings is 2. The Kier molecular flexibility index (Phi) is 13.4. The van der Waals surface area contributed by atoms with Crippen molar-refractivity contribution < 1.29 is 28.2 Å². The van der Waals surface area contributed by atoms with Crippen molar-refractivity contribution in [2.75, 3.05) is 44.0 Å². The molecule has 0 saturated carbocycles. The lowest BCUT2D eigenvalue weighted by molar-refractivity contribution is 0.0488. The summed E-state index contributed by atoms with van der Waals surface area (Å²) in [5.74, 6) is 0.0372. The highest BCUT2D eigenvalue weighted by atomic mass is 79.9. The van der Waals surface area contributed by atoms with Gasteiger partial charge in [-0.3, -0.25) is 0 Å². The number of nitrogens with one attached hydrogen (secondary N) is 2. The topological polar surface area (TPSA) is 135 Å². The first-order valence-corrected chi connectivity index (χ1v) is 18.3. The van der Waals surface area contributed by atoms with Crippen LogP contribution in [0, 0.1) is 5.82 Å². The Balaban J connectivity index is 1.52. The van der Waals surface area contributed by atoms with E-state index in [-0.39, 0.29) is 36.8 Å². The van der Waals surface area contributed by atoms with E-state index in [0.717, 1.165) is 17.3 Å². The zero-order valence-electron chi connectivity index (χ0n) is 31.3. The predicted octanol–water partition coefficient (Wildman–Crippen LogP) is 6.86. The second-order valence-corrected chi connectivity index (χ2v) is 14.6. The number of amides is 1. The Labute approximate surface area is 323 Å². The Hall–Kier alpha value is -5.28. The molecule has 0 spiro atoms. The molecule has 0 fully saturated rings. The zero-order chi connectivity index (χ0) is 38.8. The number of aromatic nitrogens is 4. The van der Waals surface area contributed by atoms with Crippen molar-refractivity contribution in [2.45, 2.75) is 59.0 Å². The lowest BCUT2D eigenvalue weighted by atomic mass is 10.1. The lowest BCUT2D eigenvalue weighted by Crippen LogP contribution is -2.43. The van der Waals surface area contributed by atoms with E-state index < -0.39 is 29.6 Å². The fraction of sp³-hybridized carbons (Fsp3) is 0.359. The maximum absolute atomic E-state index is 14.8. The number of hydrogen-bond acceptors (Lipinski definition) is 11. The minimum Gasteiger partial charge on any atom is -0.471 e. The maximum atomic E-state index is 14.8. The molecule has 0 saturated heterocycles. The first kappa shape index (κ1) is 39.9. The van der Waals surface area contributed by atoms with Crippen molar-refractivity contribution >= 4 is 45.3 Å². The van der Waals surface area contributed by atoms with Crippen LogP contribution in [0.2, 0.25) is 0 Å². The number of likely N-dealkylation sites (N-methyl/N-ethyl adjacent to an activating group) is 1. The van der Waals surface area contributed by atoms with Crippen LogP contribution in [-0.2, 0) is 29.1 Å². The van der Waals surface area contributed by atoms with Gasteiger partial charge in [0, 0.05) is 31.7 Å². The van der Waals surface area contributed by atoms with E-state index in [9.17, 15) is 14.0 Å². The number of fused-ring (bicyclic) bond motifs is 1. The second-order valence-electron chi connectivity index (χ2n) is 13.8. The molecule has 0 aliphatic carbocycles. The number of hydrogen-bond donors (Lipinski definition) is 2. The third-order valence-corrected chi connectivity index (χ3v) is 8.58. The van der Waals surface area contributed by atoms with Gasteiger partial charge in [0.1, 0.15) is 33.4 Å². The Morgan fingerprint density at radius 1 is 1.00 bits per heavy atom. The van der Waals surface area contributed by atoms with Crippen LogP contribution in [0.25, 0.3) is 5.65 Å². The van der Waals surface area contributed by atoms with Gasteiger partial charge in [0.2, 0.25) is 5.88 Å². The van der Waals surface area contributed by atoms with Crippen LogP contribution in [0.1, 0.15) is 54.7 Å². The van der Waals surface area contributed by atoms with Crippen LogP contribution in [0.15, 0.2) is 83.6 Å². The maximum Gasteiger partial charge on any atom is 0.407 e. The number of anilines is 2. The van der Waals surface area contributed by atoms with E-state index in [4.69, 9.17) is 19.2 Å². The standard InChI is InChI=1S/C39H46BrFN8O5/c1-7-52-37(50)31-22-45-49-34(31)46-33(32(40)36(49)48(23-26-14-10-8-11-15-26)24-27-16-12-9-13-17-27)42-19-28-18-29(41)20-43-35(28)53-30(25-47(5)6)21-44-38(51)54-39(2,3)4/h8-18,20,22,30H,7,19,21,23-25H2,1-6H3,(H,42,46)(H,44,51). The molecule has 286 valence electrons. The van der Waals surface area contributed by atoms with Crippen LogP contribution in [-0.4, -0.2) is 82.0 Å². The minimum atomic E-state index is -0.668. The molecule has 0 bridgehead atoms. The van der Waals surface area contributed by atoms with Gasteiger partial charge in [0.15, 0.2) is 11.5 Å². The number of carbonyl (C=O) groups excluding carboxylic acids is 2. The number of pyridine rings is 1. The van der Waals surface area contributed by atoms with Gasteiger partial charge in [-0.1, -0.05) is 60.7 Å². The molecule has 15 heteroatoms. The van der Waals surface area contributed by atoms with Gasteiger partial charge in [0.25, 0.3) is 0 Å². The van der Waals surface area contributed by atoms with Crippen LogP contribution < -0.4 is 20.3 Å². The average molecular weight is 806 g/mol. The van der Waals surface area contributed by atoms with Gasteiger partial charge >= 0.3 is 12.1 Å². The number of halogens is 2. The molecule has 13 nitrogen and oxygen atoms in total. The van der Waals surface area contributed by atoms with Gasteiger partial charge < -0.3 is 34.6 Å². The molecular weight excluding hydrogens is 759 g/mol. The molecular formula is C39H46BrFN8O5. The second kappa shape index (κ2) is 18.2. The zero-order valence-corrected chi connectivity index (χ0v) is 32.9. The molecule has 2 aromatic carbocycles. The summed E-state index contributed by atoms with van der Waals surface area (Å²) in [7, 11) is 3.75. The highest BCUT2D eigenvalue weighted by molar-refractivity contribution is 9.10. The van der Waals surface area contributed by atoms with E-state index >= 15 is 0 Å². The monoisotopic (exact) mass is 804 g/mol. The van der Waals surface area contributed by atoms with Gasteiger partial charge in [-0.05, 0) is 74.9 Å². The van der Waals surface area contributed by atoms with Gasteiger partial charge in [-0.25, -0.2) is 23.9 Å². The quantitative estimate of drug-likeness (QED) is 0.101. The number of ether oxygens (including phenoxy) is 3. The SMILES string of the molecule is CCOC(=O)c1cnn2c(N(Cc3ccccc3)Cc3ccccc3)c(Br)c(NCc3cc(F)cnc3OC(CNC(=O)OC(C)(C)C)CN(C)C)nc12. The number of esters is 1. The normalized spacial score (nSPS) is 12.0. The van der Waals surface area contributed by atoms with E-state index in [2.05, 4.69) is 41.5 Å². The van der Waals surface area contributed by atoms with Crippen molar-refractivity contribution in [1.82, 2.24) is 29.8 Å². The highest BCUT2D eigenvalue weighted by Crippen LogP contribution is 2.36. The average Bonchev–Trinajstić information content (AvgIpc) is 3.54. The van der Waals surface area contributed by atoms with Crippen molar-refractivity contribution in [1.29, 1.82) is 0 Å². The molecule has 0 radical (unpaired) electrons. The molecule has 54 heavy (non-hydrogen) atoms. The van der Waals surface area contributed by atoms with Crippen LogP contribution >= 0.6 is 15.9 Å². The van der Waals surface area contributed by atoms with Gasteiger partial charge in [-0.15, -0.1) is 0 Å². The summed E-state index contributed by atoms with van der Waals surface area (Å²) in [6.45, 7) is 8.83. The predicted molar refractivity (Wildman–Crippen MR) is 208 cm³/mol. The summed E-state index contributed by atoms with van der Waals surface area (Å²) < 4.78 is 34.0. The van der Waals surface area contributed by atoms with E-state index in [1.807, 2.05) is 79.7 Å². The Morgan fingerprint density at radius 3 is 2.24 bits per heavy atom. The summed E-state index contributed by atoms with van der Waals surface area (Å²) in [6.07, 6.45) is 1.39. The largest absolute Gasteiger partial charge is 0.471 e. The van der Waals surface area contributed by atoms with Gasteiger partial charge in [-0.2, -0.15) is 9.61 Å². The van der Waals surface area contributed by atoms with Crippen LogP contribution in [0.3, 0.4) is 0 Å². The number of rotatable bonds is 16. The van der Waals surface area contributed by atoms with E-state index in [1.54, 1.807) is 32.2 Å². The fourth-order valence-electron chi connectivity index (χ4n) is 5.61. The smallest absolute Gasteiger partial charge is 0.407 e. The molecule has 1 atom stereocenters. The van der Waals surface area contributed by atoms with Crippen LogP contribution in [0.5, 0.6) is 5.88 Å². The van der Waals surface area contributed by atoms with E-state index in [1.165, 1.54) is 12.3 Å². The van der Waals surface area contributed by atoms with Crippen molar-refractivity contribution in [3.8, 4) is 5.88 Å². The van der Waals surface area contributed by atoms with Crippen LogP contribution in [0.4, 0.5) is 20.8 Å². The molecule has 3 aromatic heterocycles. The Morgan fingerprint density at radius 2 is 1.65 bits per heavy atom. The lowest BCUT2D eigenvalue weighted by Gasteiger charge is -2.28. The number of alkyl carbamates (subject to hydrolysis) is 1. The summed E-state index contributed by atoms with van der Waals surface area (Å²) in [6, 6.07) is 21.4. The third kappa shape index (κ3) is 10.9. The molecule has 3 heterocycles. The first-order valence-electron chi connectivity index (χ1n) is 17.5.